The summed E-state index contributed by atoms with van der Waals surface area (Å²) < 4.78 is 5.55. The Hall–Kier alpha value is -2.43. The normalized spacial score (nSPS) is 26.5. The number of fused-ring (bicyclic) bond motifs is 1. The number of likely N-dealkylation sites (tertiary alicyclic amines) is 1. The minimum absolute atomic E-state index is 0.0333. The number of carbonyl (C=O) groups excluding carboxylic acids is 3. The standard InChI is InChI=1S/C21H22ClN5O4S/c22-11-8-27(16-13(28)9-31-17(11)16)21(30)14(10-4-1-2-5-10)15-18(12-6-3-7-24-26-12)32-20(25-15)19(23)29/h3,6-7,10-11,14,16-17H,1-2,4-5,8-9H2,(H2,23,29)/t11-,14-,16+,17+/m0/s1. The molecule has 0 bridgehead atoms. The molecule has 32 heavy (non-hydrogen) atoms. The van der Waals surface area contributed by atoms with E-state index in [9.17, 15) is 14.4 Å². The highest BCUT2D eigenvalue weighted by Gasteiger charge is 2.53. The lowest BCUT2D eigenvalue weighted by atomic mass is 9.85. The topological polar surface area (TPSA) is 128 Å². The molecule has 0 spiro atoms. The van der Waals surface area contributed by atoms with E-state index in [1.165, 1.54) is 0 Å². The number of nitrogens with two attached hydrogens (primary N) is 1. The smallest absolute Gasteiger partial charge is 0.277 e. The van der Waals surface area contributed by atoms with Crippen molar-refractivity contribution in [3.05, 3.63) is 29.0 Å². The molecule has 1 saturated carbocycles. The Morgan fingerprint density at radius 2 is 2.09 bits per heavy atom. The van der Waals surface area contributed by atoms with Crippen LogP contribution in [-0.4, -0.2) is 68.4 Å². The molecule has 2 saturated heterocycles. The Morgan fingerprint density at radius 3 is 2.78 bits per heavy atom. The summed E-state index contributed by atoms with van der Waals surface area (Å²) in [6, 6.07) is 2.82. The summed E-state index contributed by atoms with van der Waals surface area (Å²) in [4.78, 5) is 45.2. The molecule has 0 radical (unpaired) electrons. The largest absolute Gasteiger partial charge is 0.366 e. The van der Waals surface area contributed by atoms with Gasteiger partial charge < -0.3 is 15.4 Å². The summed E-state index contributed by atoms with van der Waals surface area (Å²) in [5.41, 5.74) is 6.53. The molecule has 4 atom stereocenters. The average Bonchev–Trinajstić information content (AvgIpc) is 3.56. The van der Waals surface area contributed by atoms with Gasteiger partial charge in [-0.05, 0) is 30.9 Å². The Bertz CT molecular complexity index is 1060. The molecule has 168 valence electrons. The first-order valence-corrected chi connectivity index (χ1v) is 11.9. The van der Waals surface area contributed by atoms with Crippen LogP contribution in [0.15, 0.2) is 18.3 Å². The lowest BCUT2D eigenvalue weighted by molar-refractivity contribution is -0.138. The number of alkyl halides is 1. The van der Waals surface area contributed by atoms with Gasteiger partial charge in [-0.2, -0.15) is 5.10 Å². The molecule has 0 unspecified atom stereocenters. The van der Waals surface area contributed by atoms with Crippen molar-refractivity contribution in [2.75, 3.05) is 13.2 Å². The average molecular weight is 476 g/mol. The van der Waals surface area contributed by atoms with Crippen molar-refractivity contribution in [3.8, 4) is 10.6 Å². The van der Waals surface area contributed by atoms with Gasteiger partial charge in [0.25, 0.3) is 5.91 Å². The lowest BCUT2D eigenvalue weighted by Crippen LogP contribution is -2.45. The molecule has 2 aromatic rings. The van der Waals surface area contributed by atoms with Crippen LogP contribution in [0.1, 0.15) is 47.1 Å². The molecule has 0 aromatic carbocycles. The number of primary amides is 1. The zero-order valence-electron chi connectivity index (χ0n) is 17.1. The van der Waals surface area contributed by atoms with Crippen LogP contribution in [0.5, 0.6) is 0 Å². The third kappa shape index (κ3) is 3.60. The molecule has 3 aliphatic rings. The molecule has 4 heterocycles. The van der Waals surface area contributed by atoms with Crippen LogP contribution in [0.4, 0.5) is 0 Å². The zero-order chi connectivity index (χ0) is 22.4. The molecule has 2 amide bonds. The van der Waals surface area contributed by atoms with Gasteiger partial charge in [0.15, 0.2) is 10.8 Å². The van der Waals surface area contributed by atoms with E-state index in [0.29, 0.717) is 16.3 Å². The third-order valence-electron chi connectivity index (χ3n) is 6.51. The fourth-order valence-corrected chi connectivity index (χ4v) is 6.38. The van der Waals surface area contributed by atoms with E-state index in [0.717, 1.165) is 37.0 Å². The van der Waals surface area contributed by atoms with E-state index < -0.39 is 29.3 Å². The minimum Gasteiger partial charge on any atom is -0.366 e. The fourth-order valence-electron chi connectivity index (χ4n) is 5.09. The molecule has 11 heteroatoms. The van der Waals surface area contributed by atoms with Gasteiger partial charge in [-0.1, -0.05) is 12.8 Å². The van der Waals surface area contributed by atoms with Gasteiger partial charge in [-0.15, -0.1) is 28.0 Å². The highest BCUT2D eigenvalue weighted by atomic mass is 35.5. The number of ether oxygens (including phenoxy) is 1. The molecular formula is C21H22ClN5O4S. The van der Waals surface area contributed by atoms with E-state index in [2.05, 4.69) is 15.2 Å². The Morgan fingerprint density at radius 1 is 1.31 bits per heavy atom. The van der Waals surface area contributed by atoms with Gasteiger partial charge in [-0.25, -0.2) is 4.98 Å². The van der Waals surface area contributed by atoms with Crippen LogP contribution in [0.3, 0.4) is 0 Å². The van der Waals surface area contributed by atoms with Crippen molar-refractivity contribution in [2.45, 2.75) is 49.1 Å². The van der Waals surface area contributed by atoms with Gasteiger partial charge in [0.05, 0.1) is 21.9 Å². The Labute approximate surface area is 193 Å². The van der Waals surface area contributed by atoms with E-state index in [-0.39, 0.29) is 35.8 Å². The Balaban J connectivity index is 1.60. The number of Topliss-reactive ketones (excluding diaryl/α,β-unsaturated/α-hetero) is 1. The summed E-state index contributed by atoms with van der Waals surface area (Å²) in [5, 5.41) is 7.78. The van der Waals surface area contributed by atoms with Crippen LogP contribution >= 0.6 is 22.9 Å². The second-order valence-corrected chi connectivity index (χ2v) is 9.98. The maximum Gasteiger partial charge on any atom is 0.277 e. The van der Waals surface area contributed by atoms with Crippen LogP contribution in [0.25, 0.3) is 10.6 Å². The van der Waals surface area contributed by atoms with Crippen LogP contribution < -0.4 is 5.73 Å². The summed E-state index contributed by atoms with van der Waals surface area (Å²) in [6.07, 6.45) is 4.79. The summed E-state index contributed by atoms with van der Waals surface area (Å²) >= 11 is 7.55. The number of carbonyl (C=O) groups is 3. The van der Waals surface area contributed by atoms with Crippen molar-refractivity contribution in [1.29, 1.82) is 0 Å². The second-order valence-electron chi connectivity index (χ2n) is 8.42. The summed E-state index contributed by atoms with van der Waals surface area (Å²) in [6.45, 7) is 0.196. The van der Waals surface area contributed by atoms with Crippen LogP contribution in [0, 0.1) is 5.92 Å². The highest BCUT2D eigenvalue weighted by molar-refractivity contribution is 7.17. The first-order chi connectivity index (χ1) is 15.5. The molecule has 2 N–H and O–H groups in total. The first kappa shape index (κ1) is 21.4. The van der Waals surface area contributed by atoms with E-state index in [1.54, 1.807) is 23.2 Å². The van der Waals surface area contributed by atoms with Crippen molar-refractivity contribution in [2.24, 2.45) is 11.7 Å². The zero-order valence-corrected chi connectivity index (χ0v) is 18.7. The van der Waals surface area contributed by atoms with Crippen LogP contribution in [0.2, 0.25) is 0 Å². The molecule has 3 fully saturated rings. The number of nitrogens with zero attached hydrogens (tertiary/aromatic N) is 4. The molecule has 2 aliphatic heterocycles. The van der Waals surface area contributed by atoms with Crippen molar-refractivity contribution >= 4 is 40.5 Å². The van der Waals surface area contributed by atoms with Gasteiger partial charge in [0, 0.05) is 12.7 Å². The quantitative estimate of drug-likeness (QED) is 0.652. The number of amides is 2. The monoisotopic (exact) mass is 475 g/mol. The second kappa shape index (κ2) is 8.49. The molecule has 2 aromatic heterocycles. The number of hydrogen-bond acceptors (Lipinski definition) is 8. The van der Waals surface area contributed by atoms with Gasteiger partial charge in [-0.3, -0.25) is 14.4 Å². The molecule has 1 aliphatic carbocycles. The lowest BCUT2D eigenvalue weighted by Gasteiger charge is -2.29. The number of ketones is 1. The number of hydrogen-bond donors (Lipinski definition) is 1. The first-order valence-electron chi connectivity index (χ1n) is 10.6. The predicted molar refractivity (Wildman–Crippen MR) is 116 cm³/mol. The minimum atomic E-state index is -0.678. The predicted octanol–water partition coefficient (Wildman–Crippen LogP) is 1.76. The third-order valence-corrected chi connectivity index (χ3v) is 8.00. The maximum absolute atomic E-state index is 14.0. The number of rotatable bonds is 5. The SMILES string of the molecule is NC(=O)c1nc([C@@H](C(=O)N2C[C@H](Cl)[C@H]3OCC(=O)[C@H]32)C2CCCC2)c(-c2cccnn2)s1. The van der Waals surface area contributed by atoms with Crippen molar-refractivity contribution < 1.29 is 19.1 Å². The highest BCUT2D eigenvalue weighted by Crippen LogP contribution is 2.45. The fraction of sp³-hybridized carbons (Fsp3) is 0.524. The summed E-state index contributed by atoms with van der Waals surface area (Å²) in [7, 11) is 0. The Kier molecular flexibility index (Phi) is 5.68. The molecule has 5 rings (SSSR count). The summed E-state index contributed by atoms with van der Waals surface area (Å²) in [5.74, 6) is -1.60. The van der Waals surface area contributed by atoms with Gasteiger partial charge >= 0.3 is 0 Å². The molecule has 9 nitrogen and oxygen atoms in total. The van der Waals surface area contributed by atoms with E-state index >= 15 is 0 Å². The van der Waals surface area contributed by atoms with E-state index in [4.69, 9.17) is 22.1 Å². The number of aromatic nitrogens is 3. The maximum atomic E-state index is 14.0. The van der Waals surface area contributed by atoms with Gasteiger partial charge in [0.2, 0.25) is 5.91 Å². The van der Waals surface area contributed by atoms with E-state index in [1.807, 2.05) is 0 Å². The van der Waals surface area contributed by atoms with Crippen molar-refractivity contribution in [1.82, 2.24) is 20.1 Å². The van der Waals surface area contributed by atoms with Gasteiger partial charge in [0.1, 0.15) is 24.4 Å². The number of thiazole rings is 1. The van der Waals surface area contributed by atoms with Crippen LogP contribution in [-0.2, 0) is 14.3 Å². The number of halogens is 1. The molecular weight excluding hydrogens is 454 g/mol. The van der Waals surface area contributed by atoms with Crippen molar-refractivity contribution in [3.63, 3.8) is 0 Å².